The Labute approximate surface area is 105 Å². The molecule has 102 valence electrons. The molecule has 0 radical (unpaired) electrons. The van der Waals surface area contributed by atoms with Crippen LogP contribution in [0.3, 0.4) is 0 Å². The Hall–Kier alpha value is -0.130. The highest BCUT2D eigenvalue weighted by molar-refractivity contribution is 7.89. The van der Waals surface area contributed by atoms with Gasteiger partial charge in [0.05, 0.1) is 11.9 Å². The molecule has 0 aliphatic heterocycles. The molecular weight excluding hydrogens is 238 g/mol. The van der Waals surface area contributed by atoms with Crippen LogP contribution in [0, 0.1) is 11.8 Å². The van der Waals surface area contributed by atoms with Gasteiger partial charge in [0, 0.05) is 6.54 Å². The first kappa shape index (κ1) is 14.9. The van der Waals surface area contributed by atoms with Gasteiger partial charge in [-0.3, -0.25) is 0 Å². The summed E-state index contributed by atoms with van der Waals surface area (Å²) in [6.45, 7) is 4.07. The molecule has 0 amide bonds. The Morgan fingerprint density at radius 1 is 1.35 bits per heavy atom. The zero-order valence-corrected chi connectivity index (χ0v) is 11.7. The van der Waals surface area contributed by atoms with E-state index in [1.807, 2.05) is 13.8 Å². The van der Waals surface area contributed by atoms with Crippen molar-refractivity contribution in [3.8, 4) is 0 Å². The highest BCUT2D eigenvalue weighted by Gasteiger charge is 2.24. The van der Waals surface area contributed by atoms with E-state index in [9.17, 15) is 13.5 Å². The van der Waals surface area contributed by atoms with Crippen molar-refractivity contribution >= 4 is 10.0 Å². The monoisotopic (exact) mass is 263 g/mol. The summed E-state index contributed by atoms with van der Waals surface area (Å²) in [4.78, 5) is 0. The van der Waals surface area contributed by atoms with Gasteiger partial charge in [0.2, 0.25) is 10.0 Å². The maximum Gasteiger partial charge on any atom is 0.211 e. The molecule has 0 aromatic carbocycles. The van der Waals surface area contributed by atoms with Gasteiger partial charge in [-0.15, -0.1) is 0 Å². The van der Waals surface area contributed by atoms with Crippen molar-refractivity contribution in [1.29, 1.82) is 0 Å². The molecule has 0 heterocycles. The average molecular weight is 263 g/mol. The van der Waals surface area contributed by atoms with Crippen molar-refractivity contribution < 1.29 is 13.5 Å². The van der Waals surface area contributed by atoms with E-state index in [-0.39, 0.29) is 24.1 Å². The first-order chi connectivity index (χ1) is 7.94. The molecule has 1 saturated carbocycles. The van der Waals surface area contributed by atoms with Gasteiger partial charge in [0.15, 0.2) is 0 Å². The van der Waals surface area contributed by atoms with Crippen LogP contribution in [0.2, 0.25) is 0 Å². The molecule has 0 aromatic rings. The highest BCUT2D eigenvalue weighted by Crippen LogP contribution is 2.27. The predicted octanol–water partition coefficient (Wildman–Crippen LogP) is 1.50. The summed E-state index contributed by atoms with van der Waals surface area (Å²) >= 11 is 0. The van der Waals surface area contributed by atoms with Crippen molar-refractivity contribution in [2.75, 3.05) is 12.3 Å². The summed E-state index contributed by atoms with van der Waals surface area (Å²) in [6.07, 6.45) is 4.68. The lowest BCUT2D eigenvalue weighted by Gasteiger charge is -2.18. The lowest BCUT2D eigenvalue weighted by atomic mass is 10.0. The molecule has 17 heavy (non-hydrogen) atoms. The van der Waals surface area contributed by atoms with Gasteiger partial charge in [-0.05, 0) is 24.7 Å². The van der Waals surface area contributed by atoms with Gasteiger partial charge in [-0.25, -0.2) is 13.1 Å². The minimum Gasteiger partial charge on any atom is -0.391 e. The summed E-state index contributed by atoms with van der Waals surface area (Å²) < 4.78 is 25.9. The van der Waals surface area contributed by atoms with Gasteiger partial charge in [0.1, 0.15) is 0 Å². The van der Waals surface area contributed by atoms with E-state index in [1.165, 1.54) is 0 Å². The van der Waals surface area contributed by atoms with Crippen molar-refractivity contribution in [3.05, 3.63) is 0 Å². The third-order valence-electron chi connectivity index (χ3n) is 3.66. The van der Waals surface area contributed by atoms with Crippen molar-refractivity contribution in [2.24, 2.45) is 11.8 Å². The Morgan fingerprint density at radius 2 is 1.94 bits per heavy atom. The SMILES string of the molecule is CCC(C)CS(=O)(=O)NCC(O)C1CCCC1. The molecule has 2 unspecified atom stereocenters. The molecule has 2 N–H and O–H groups in total. The van der Waals surface area contributed by atoms with Crippen LogP contribution in [0.1, 0.15) is 46.0 Å². The van der Waals surface area contributed by atoms with Crippen molar-refractivity contribution in [2.45, 2.75) is 52.1 Å². The Morgan fingerprint density at radius 3 is 2.47 bits per heavy atom. The van der Waals surface area contributed by atoms with Gasteiger partial charge in [-0.1, -0.05) is 33.1 Å². The second-order valence-electron chi connectivity index (χ2n) is 5.26. The zero-order valence-electron chi connectivity index (χ0n) is 10.9. The Bertz CT molecular complexity index is 310. The number of aliphatic hydroxyl groups is 1. The third kappa shape index (κ3) is 5.36. The molecule has 0 saturated heterocycles. The number of hydrogen-bond acceptors (Lipinski definition) is 3. The summed E-state index contributed by atoms with van der Waals surface area (Å²) in [5.74, 6) is 0.596. The molecule has 2 atom stereocenters. The number of hydrogen-bond donors (Lipinski definition) is 2. The van der Waals surface area contributed by atoms with E-state index in [4.69, 9.17) is 0 Å². The predicted molar refractivity (Wildman–Crippen MR) is 69.2 cm³/mol. The Kier molecular flexibility index (Phi) is 5.89. The molecule has 0 aromatic heterocycles. The number of aliphatic hydroxyl groups excluding tert-OH is 1. The fraction of sp³-hybridized carbons (Fsp3) is 1.00. The summed E-state index contributed by atoms with van der Waals surface area (Å²) in [5, 5.41) is 9.88. The van der Waals surface area contributed by atoms with E-state index >= 15 is 0 Å². The van der Waals surface area contributed by atoms with E-state index in [0.29, 0.717) is 0 Å². The molecule has 4 nitrogen and oxygen atoms in total. The fourth-order valence-corrected chi connectivity index (χ4v) is 3.80. The van der Waals surface area contributed by atoms with Gasteiger partial charge in [-0.2, -0.15) is 0 Å². The molecule has 1 aliphatic carbocycles. The average Bonchev–Trinajstić information content (AvgIpc) is 2.78. The van der Waals surface area contributed by atoms with E-state index in [1.54, 1.807) is 0 Å². The molecule has 1 rings (SSSR count). The van der Waals surface area contributed by atoms with Crippen LogP contribution in [-0.2, 0) is 10.0 Å². The van der Waals surface area contributed by atoms with Crippen molar-refractivity contribution in [3.63, 3.8) is 0 Å². The fourth-order valence-electron chi connectivity index (χ4n) is 2.27. The summed E-state index contributed by atoms with van der Waals surface area (Å²) in [6, 6.07) is 0. The highest BCUT2D eigenvalue weighted by atomic mass is 32.2. The molecule has 1 aliphatic rings. The minimum absolute atomic E-state index is 0.154. The maximum atomic E-state index is 11.7. The number of rotatable bonds is 7. The topological polar surface area (TPSA) is 66.4 Å². The Balaban J connectivity index is 2.33. The standard InChI is InChI=1S/C12H25NO3S/c1-3-10(2)9-17(15,16)13-8-12(14)11-6-4-5-7-11/h10-14H,3-9H2,1-2H3. The van der Waals surface area contributed by atoms with Gasteiger partial charge >= 0.3 is 0 Å². The van der Waals surface area contributed by atoms with Crippen LogP contribution in [-0.4, -0.2) is 31.9 Å². The smallest absolute Gasteiger partial charge is 0.211 e. The van der Waals surface area contributed by atoms with Crippen LogP contribution in [0.4, 0.5) is 0 Å². The molecule has 0 bridgehead atoms. The zero-order chi connectivity index (χ0) is 12.9. The number of nitrogens with one attached hydrogen (secondary N) is 1. The number of sulfonamides is 1. The quantitative estimate of drug-likeness (QED) is 0.731. The third-order valence-corrected chi connectivity index (χ3v) is 5.27. The maximum absolute atomic E-state index is 11.7. The van der Waals surface area contributed by atoms with Gasteiger partial charge < -0.3 is 5.11 Å². The lowest BCUT2D eigenvalue weighted by molar-refractivity contribution is 0.115. The second-order valence-corrected chi connectivity index (χ2v) is 7.11. The molecule has 0 spiro atoms. The molecule has 5 heteroatoms. The van der Waals surface area contributed by atoms with Crippen LogP contribution in [0.25, 0.3) is 0 Å². The van der Waals surface area contributed by atoms with E-state index in [2.05, 4.69) is 4.72 Å². The first-order valence-corrected chi connectivity index (χ1v) is 8.25. The van der Waals surface area contributed by atoms with E-state index in [0.717, 1.165) is 32.1 Å². The molecule has 1 fully saturated rings. The second kappa shape index (κ2) is 6.71. The van der Waals surface area contributed by atoms with Crippen molar-refractivity contribution in [1.82, 2.24) is 4.72 Å². The van der Waals surface area contributed by atoms with Crippen LogP contribution in [0.5, 0.6) is 0 Å². The summed E-state index contributed by atoms with van der Waals surface area (Å²) in [7, 11) is -3.23. The first-order valence-electron chi connectivity index (χ1n) is 6.60. The lowest BCUT2D eigenvalue weighted by Crippen LogP contribution is -2.37. The van der Waals surface area contributed by atoms with Crippen LogP contribution >= 0.6 is 0 Å². The van der Waals surface area contributed by atoms with E-state index < -0.39 is 16.1 Å². The normalized spacial score (nSPS) is 21.6. The largest absolute Gasteiger partial charge is 0.391 e. The van der Waals surface area contributed by atoms with Crippen LogP contribution in [0.15, 0.2) is 0 Å². The molecular formula is C12H25NO3S. The summed E-state index contributed by atoms with van der Waals surface area (Å²) in [5.41, 5.74) is 0. The van der Waals surface area contributed by atoms with Gasteiger partial charge in [0.25, 0.3) is 0 Å². The minimum atomic E-state index is -3.23. The van der Waals surface area contributed by atoms with Crippen LogP contribution < -0.4 is 4.72 Å².